The minimum absolute atomic E-state index is 0.0706. The Balaban J connectivity index is 1.51. The monoisotopic (exact) mass is 504 g/mol. The largest absolute Gasteiger partial charge is 0.481 e. The van der Waals surface area contributed by atoms with Crippen LogP contribution in [0.1, 0.15) is 63.9 Å². The average molecular weight is 505 g/mol. The molecular formula is C31H37FO3Si. The van der Waals surface area contributed by atoms with Crippen LogP contribution in [0.5, 0.6) is 0 Å². The lowest BCUT2D eigenvalue weighted by Crippen LogP contribution is -2.65. The SMILES string of the molecule is CC(C)(CC1CCC([C@@H](CC(=O)O)c2ccc(F)cc2)CC1)[Si](O)(c1ccccc1)c1ccccc1. The molecule has 0 amide bonds. The molecule has 1 aliphatic carbocycles. The molecule has 1 aliphatic rings. The molecule has 0 spiro atoms. The van der Waals surface area contributed by atoms with E-state index >= 15 is 0 Å². The molecule has 3 aromatic carbocycles. The number of halogens is 1. The standard InChI is InChI=1S/C31H37FO3Si/c1-31(2,36(35,27-9-5-3-6-10-27)28-11-7-4-8-12-28)22-23-13-15-24(16-14-23)29(21-30(33)34)25-17-19-26(32)20-18-25/h3-12,17-20,23-24,29,35H,13-16,21-22H2,1-2H3,(H,33,34)/t23?,24?,29-/m1/s1. The summed E-state index contributed by atoms with van der Waals surface area (Å²) in [6.07, 6.45) is 4.92. The zero-order valence-electron chi connectivity index (χ0n) is 21.2. The first-order valence-corrected chi connectivity index (χ1v) is 15.0. The van der Waals surface area contributed by atoms with Gasteiger partial charge in [-0.05, 0) is 70.1 Å². The molecule has 0 aromatic heterocycles. The highest BCUT2D eigenvalue weighted by Gasteiger charge is 2.50. The van der Waals surface area contributed by atoms with E-state index in [-0.39, 0.29) is 29.1 Å². The number of hydrogen-bond acceptors (Lipinski definition) is 2. The molecule has 0 radical (unpaired) electrons. The second kappa shape index (κ2) is 11.1. The Labute approximate surface area is 215 Å². The third-order valence-electron chi connectivity index (χ3n) is 8.31. The van der Waals surface area contributed by atoms with E-state index in [0.29, 0.717) is 5.92 Å². The third kappa shape index (κ3) is 5.63. The van der Waals surface area contributed by atoms with Crippen LogP contribution in [0.15, 0.2) is 84.9 Å². The van der Waals surface area contributed by atoms with E-state index in [1.54, 1.807) is 12.1 Å². The van der Waals surface area contributed by atoms with E-state index in [4.69, 9.17) is 0 Å². The molecule has 5 heteroatoms. The molecule has 190 valence electrons. The summed E-state index contributed by atoms with van der Waals surface area (Å²) in [6.45, 7) is 4.44. The van der Waals surface area contributed by atoms with E-state index in [2.05, 4.69) is 38.1 Å². The van der Waals surface area contributed by atoms with Crippen molar-refractivity contribution in [3.05, 3.63) is 96.3 Å². The maximum absolute atomic E-state index is 13.5. The summed E-state index contributed by atoms with van der Waals surface area (Å²) in [5.74, 6) is -0.467. The van der Waals surface area contributed by atoms with Gasteiger partial charge in [0, 0.05) is 0 Å². The molecule has 0 unspecified atom stereocenters. The maximum atomic E-state index is 13.5. The Kier molecular flexibility index (Phi) is 8.11. The van der Waals surface area contributed by atoms with E-state index in [1.165, 1.54) is 12.1 Å². The maximum Gasteiger partial charge on any atom is 0.303 e. The minimum Gasteiger partial charge on any atom is -0.481 e. The van der Waals surface area contributed by atoms with Crippen LogP contribution >= 0.6 is 0 Å². The van der Waals surface area contributed by atoms with Crippen LogP contribution < -0.4 is 10.4 Å². The molecule has 0 saturated heterocycles. The quantitative estimate of drug-likeness (QED) is 0.346. The summed E-state index contributed by atoms with van der Waals surface area (Å²) < 4.78 is 13.5. The number of carboxylic acids is 1. The van der Waals surface area contributed by atoms with Gasteiger partial charge < -0.3 is 9.90 Å². The van der Waals surface area contributed by atoms with E-state index < -0.39 is 14.3 Å². The number of rotatable bonds is 9. The lowest BCUT2D eigenvalue weighted by atomic mass is 9.71. The van der Waals surface area contributed by atoms with E-state index in [0.717, 1.165) is 48.0 Å². The molecule has 0 bridgehead atoms. The first kappa shape index (κ1) is 26.3. The van der Waals surface area contributed by atoms with E-state index in [9.17, 15) is 19.1 Å². The minimum atomic E-state index is -3.05. The molecule has 0 aliphatic heterocycles. The van der Waals surface area contributed by atoms with Gasteiger partial charge in [0.2, 0.25) is 0 Å². The topological polar surface area (TPSA) is 57.5 Å². The Morgan fingerprint density at radius 2 is 1.39 bits per heavy atom. The van der Waals surface area contributed by atoms with Crippen LogP contribution in [0.25, 0.3) is 0 Å². The predicted octanol–water partition coefficient (Wildman–Crippen LogP) is 6.11. The Morgan fingerprint density at radius 3 is 1.86 bits per heavy atom. The summed E-state index contributed by atoms with van der Waals surface area (Å²) in [6, 6.07) is 26.6. The number of hydrogen-bond donors (Lipinski definition) is 2. The predicted molar refractivity (Wildman–Crippen MR) is 146 cm³/mol. The molecule has 36 heavy (non-hydrogen) atoms. The summed E-state index contributed by atoms with van der Waals surface area (Å²) >= 11 is 0. The van der Waals surface area contributed by atoms with Crippen molar-refractivity contribution in [2.24, 2.45) is 11.8 Å². The summed E-state index contributed by atoms with van der Waals surface area (Å²) in [7, 11) is -3.05. The van der Waals surface area contributed by atoms with Crippen molar-refractivity contribution in [3.8, 4) is 0 Å². The van der Waals surface area contributed by atoms with Gasteiger partial charge in [-0.1, -0.05) is 99.5 Å². The highest BCUT2D eigenvalue weighted by molar-refractivity contribution is 6.98. The lowest BCUT2D eigenvalue weighted by Gasteiger charge is -2.44. The number of aliphatic carboxylic acids is 1. The van der Waals surface area contributed by atoms with Gasteiger partial charge in [0.25, 0.3) is 8.32 Å². The van der Waals surface area contributed by atoms with Gasteiger partial charge in [-0.15, -0.1) is 0 Å². The molecule has 1 atom stereocenters. The van der Waals surface area contributed by atoms with Gasteiger partial charge in [0.15, 0.2) is 0 Å². The van der Waals surface area contributed by atoms with Gasteiger partial charge >= 0.3 is 5.97 Å². The van der Waals surface area contributed by atoms with Gasteiger partial charge in [-0.2, -0.15) is 0 Å². The lowest BCUT2D eigenvalue weighted by molar-refractivity contribution is -0.137. The second-order valence-electron chi connectivity index (χ2n) is 11.1. The first-order chi connectivity index (χ1) is 17.2. The van der Waals surface area contributed by atoms with Crippen LogP contribution in [0.2, 0.25) is 5.04 Å². The van der Waals surface area contributed by atoms with Crippen LogP contribution in [-0.4, -0.2) is 24.2 Å². The van der Waals surface area contributed by atoms with Crippen LogP contribution in [-0.2, 0) is 4.79 Å². The van der Waals surface area contributed by atoms with Crippen molar-refractivity contribution < 1.29 is 19.1 Å². The highest BCUT2D eigenvalue weighted by atomic mass is 28.4. The average Bonchev–Trinajstić information content (AvgIpc) is 2.88. The molecular weight excluding hydrogens is 467 g/mol. The van der Waals surface area contributed by atoms with Gasteiger partial charge in [0.05, 0.1) is 6.42 Å². The molecule has 1 saturated carbocycles. The smallest absolute Gasteiger partial charge is 0.303 e. The molecule has 4 rings (SSSR count). The fourth-order valence-corrected chi connectivity index (χ4v) is 10.3. The number of carboxylic acid groups (broad SMARTS) is 1. The molecule has 3 nitrogen and oxygen atoms in total. The van der Waals surface area contributed by atoms with Gasteiger partial charge in [-0.25, -0.2) is 4.39 Å². The molecule has 0 heterocycles. The molecule has 1 fully saturated rings. The van der Waals surface area contributed by atoms with Crippen LogP contribution in [0, 0.1) is 17.7 Å². The zero-order chi connectivity index (χ0) is 25.8. The van der Waals surface area contributed by atoms with Crippen LogP contribution in [0.4, 0.5) is 4.39 Å². The van der Waals surface area contributed by atoms with Crippen molar-refractivity contribution in [3.63, 3.8) is 0 Å². The Hall–Kier alpha value is -2.76. The fourth-order valence-electron chi connectivity index (χ4n) is 6.43. The normalized spacial score (nSPS) is 19.6. The fraction of sp³-hybridized carbons (Fsp3) is 0.387. The Morgan fingerprint density at radius 1 is 0.889 bits per heavy atom. The second-order valence-corrected chi connectivity index (χ2v) is 15.0. The van der Waals surface area contributed by atoms with Gasteiger partial charge in [0.1, 0.15) is 5.82 Å². The number of benzene rings is 3. The van der Waals surface area contributed by atoms with Crippen molar-refractivity contribution in [1.82, 2.24) is 0 Å². The van der Waals surface area contributed by atoms with E-state index in [1.807, 2.05) is 36.4 Å². The highest BCUT2D eigenvalue weighted by Crippen LogP contribution is 2.47. The molecule has 2 N–H and O–H groups in total. The van der Waals surface area contributed by atoms with Crippen molar-refractivity contribution >= 4 is 24.7 Å². The first-order valence-electron chi connectivity index (χ1n) is 13.0. The Bertz CT molecular complexity index is 1080. The van der Waals surface area contributed by atoms with Crippen molar-refractivity contribution in [2.75, 3.05) is 0 Å². The zero-order valence-corrected chi connectivity index (χ0v) is 22.2. The summed E-state index contributed by atoms with van der Waals surface area (Å²) in [5, 5.41) is 11.3. The third-order valence-corrected chi connectivity index (χ3v) is 12.8. The number of carbonyl (C=O) groups is 1. The molecule has 3 aromatic rings. The summed E-state index contributed by atoms with van der Waals surface area (Å²) in [4.78, 5) is 24.1. The van der Waals surface area contributed by atoms with Gasteiger partial charge in [-0.3, -0.25) is 4.79 Å². The van der Waals surface area contributed by atoms with Crippen LogP contribution in [0.3, 0.4) is 0 Å². The summed E-state index contributed by atoms with van der Waals surface area (Å²) in [5.41, 5.74) is 0.914. The van der Waals surface area contributed by atoms with Crippen molar-refractivity contribution in [2.45, 2.75) is 63.3 Å². The van der Waals surface area contributed by atoms with Crippen molar-refractivity contribution in [1.29, 1.82) is 0 Å².